The first-order valence-corrected chi connectivity index (χ1v) is 10.3. The summed E-state index contributed by atoms with van der Waals surface area (Å²) < 4.78 is 3.01. The Hall–Kier alpha value is -2.12. The van der Waals surface area contributed by atoms with Gasteiger partial charge in [-0.05, 0) is 37.1 Å². The Balaban J connectivity index is 1.70. The summed E-state index contributed by atoms with van der Waals surface area (Å²) in [5.41, 5.74) is 3.26. The van der Waals surface area contributed by atoms with E-state index < -0.39 is 0 Å². The topological polar surface area (TPSA) is 51.0 Å². The molecule has 3 rings (SSSR count). The van der Waals surface area contributed by atoms with Crippen LogP contribution in [0, 0.1) is 13.8 Å². The van der Waals surface area contributed by atoms with Gasteiger partial charge in [-0.3, -0.25) is 9.36 Å². The van der Waals surface area contributed by atoms with Crippen LogP contribution in [0.15, 0.2) is 58.2 Å². The van der Waals surface area contributed by atoms with Crippen molar-refractivity contribution < 1.29 is 4.79 Å². The molecule has 1 amide bonds. The van der Waals surface area contributed by atoms with Crippen molar-refractivity contribution in [1.82, 2.24) is 19.7 Å². The predicted octanol–water partition coefficient (Wildman–Crippen LogP) is 4.40. The van der Waals surface area contributed by atoms with E-state index in [0.717, 1.165) is 32.3 Å². The highest BCUT2D eigenvalue weighted by molar-refractivity contribution is 9.10. The monoisotopic (exact) mass is 444 g/mol. The van der Waals surface area contributed by atoms with Gasteiger partial charge in [-0.1, -0.05) is 64.1 Å². The van der Waals surface area contributed by atoms with Gasteiger partial charge in [0.1, 0.15) is 5.82 Å². The number of aryl methyl sites for hydroxylation is 2. The molecule has 0 aliphatic carbocycles. The summed E-state index contributed by atoms with van der Waals surface area (Å²) in [5, 5.41) is 9.18. The molecule has 0 spiro atoms. The minimum Gasteiger partial charge on any atom is -0.341 e. The number of carbonyl (C=O) groups excluding carboxylic acids is 1. The van der Waals surface area contributed by atoms with Gasteiger partial charge in [-0.2, -0.15) is 0 Å². The largest absolute Gasteiger partial charge is 0.341 e. The van der Waals surface area contributed by atoms with E-state index in [1.54, 1.807) is 4.90 Å². The van der Waals surface area contributed by atoms with Crippen LogP contribution in [0.2, 0.25) is 0 Å². The SMILES string of the molecule is Cc1ccccc1-n1c(C)nnc1SCC(=O)N(C)Cc1ccccc1Br. The molecule has 0 atom stereocenters. The summed E-state index contributed by atoms with van der Waals surface area (Å²) in [5.74, 6) is 1.17. The summed E-state index contributed by atoms with van der Waals surface area (Å²) in [6.45, 7) is 4.54. The number of nitrogens with zero attached hydrogens (tertiary/aromatic N) is 4. The highest BCUT2D eigenvalue weighted by atomic mass is 79.9. The number of rotatable bonds is 6. The van der Waals surface area contributed by atoms with Crippen LogP contribution < -0.4 is 0 Å². The lowest BCUT2D eigenvalue weighted by Crippen LogP contribution is -2.28. The zero-order valence-corrected chi connectivity index (χ0v) is 17.9. The quantitative estimate of drug-likeness (QED) is 0.528. The molecule has 0 aliphatic rings. The number of halogens is 1. The van der Waals surface area contributed by atoms with E-state index in [4.69, 9.17) is 0 Å². The normalized spacial score (nSPS) is 10.8. The van der Waals surface area contributed by atoms with Crippen molar-refractivity contribution in [3.8, 4) is 5.69 Å². The Morgan fingerprint density at radius 2 is 1.81 bits per heavy atom. The Morgan fingerprint density at radius 3 is 2.56 bits per heavy atom. The van der Waals surface area contributed by atoms with Gasteiger partial charge < -0.3 is 4.90 Å². The molecular weight excluding hydrogens is 424 g/mol. The number of carbonyl (C=O) groups is 1. The van der Waals surface area contributed by atoms with Crippen LogP contribution in [0.3, 0.4) is 0 Å². The summed E-state index contributed by atoms with van der Waals surface area (Å²) in [6.07, 6.45) is 0. The van der Waals surface area contributed by atoms with Crippen molar-refractivity contribution in [2.24, 2.45) is 0 Å². The number of thioether (sulfide) groups is 1. The van der Waals surface area contributed by atoms with Crippen LogP contribution in [-0.2, 0) is 11.3 Å². The fraction of sp³-hybridized carbons (Fsp3) is 0.250. The zero-order valence-electron chi connectivity index (χ0n) is 15.5. The van der Waals surface area contributed by atoms with Gasteiger partial charge in [0.15, 0.2) is 5.16 Å². The van der Waals surface area contributed by atoms with E-state index in [2.05, 4.69) is 39.1 Å². The number of aromatic nitrogens is 3. The molecule has 5 nitrogen and oxygen atoms in total. The Labute approximate surface area is 171 Å². The fourth-order valence-corrected chi connectivity index (χ4v) is 4.08. The smallest absolute Gasteiger partial charge is 0.233 e. The van der Waals surface area contributed by atoms with Crippen LogP contribution in [0.1, 0.15) is 17.0 Å². The minimum absolute atomic E-state index is 0.0488. The molecule has 1 heterocycles. The van der Waals surface area contributed by atoms with E-state index in [1.165, 1.54) is 11.8 Å². The molecule has 0 unspecified atom stereocenters. The van der Waals surface area contributed by atoms with Gasteiger partial charge in [-0.25, -0.2) is 0 Å². The lowest BCUT2D eigenvalue weighted by atomic mass is 10.2. The summed E-state index contributed by atoms with van der Waals surface area (Å²) >= 11 is 4.94. The molecule has 2 aromatic carbocycles. The number of amides is 1. The van der Waals surface area contributed by atoms with Crippen LogP contribution in [0.5, 0.6) is 0 Å². The standard InChI is InChI=1S/C20H21BrN4OS/c1-14-8-4-7-11-18(14)25-15(2)22-23-20(25)27-13-19(26)24(3)12-16-9-5-6-10-17(16)21/h4-11H,12-13H2,1-3H3. The molecule has 0 saturated heterocycles. The minimum atomic E-state index is 0.0488. The molecule has 0 saturated carbocycles. The Bertz CT molecular complexity index is 957. The number of hydrogen-bond donors (Lipinski definition) is 0. The molecule has 0 fully saturated rings. The highest BCUT2D eigenvalue weighted by Crippen LogP contribution is 2.24. The van der Waals surface area contributed by atoms with Crippen LogP contribution in [0.4, 0.5) is 0 Å². The van der Waals surface area contributed by atoms with Crippen molar-refractivity contribution in [3.63, 3.8) is 0 Å². The third kappa shape index (κ3) is 4.59. The maximum Gasteiger partial charge on any atom is 0.233 e. The van der Waals surface area contributed by atoms with Gasteiger partial charge in [-0.15, -0.1) is 10.2 Å². The highest BCUT2D eigenvalue weighted by Gasteiger charge is 2.16. The fourth-order valence-electron chi connectivity index (χ4n) is 2.73. The zero-order chi connectivity index (χ0) is 19.4. The summed E-state index contributed by atoms with van der Waals surface area (Å²) in [4.78, 5) is 14.3. The molecule has 0 bridgehead atoms. The van der Waals surface area contributed by atoms with Crippen molar-refractivity contribution in [1.29, 1.82) is 0 Å². The van der Waals surface area contributed by atoms with Gasteiger partial charge in [0, 0.05) is 18.1 Å². The molecule has 7 heteroatoms. The van der Waals surface area contributed by atoms with E-state index in [9.17, 15) is 4.79 Å². The van der Waals surface area contributed by atoms with Crippen molar-refractivity contribution in [2.75, 3.05) is 12.8 Å². The van der Waals surface area contributed by atoms with E-state index in [-0.39, 0.29) is 5.91 Å². The predicted molar refractivity (Wildman–Crippen MR) is 112 cm³/mol. The van der Waals surface area contributed by atoms with Gasteiger partial charge in [0.25, 0.3) is 0 Å². The Kier molecular flexibility index (Phi) is 6.34. The number of hydrogen-bond acceptors (Lipinski definition) is 4. The third-order valence-electron chi connectivity index (χ3n) is 4.27. The molecule has 1 aromatic heterocycles. The van der Waals surface area contributed by atoms with Crippen molar-refractivity contribution in [3.05, 3.63) is 70.0 Å². The molecule has 0 N–H and O–H groups in total. The third-order valence-corrected chi connectivity index (χ3v) is 5.95. The lowest BCUT2D eigenvalue weighted by Gasteiger charge is -2.18. The first-order chi connectivity index (χ1) is 13.0. The molecule has 27 heavy (non-hydrogen) atoms. The summed E-state index contributed by atoms with van der Waals surface area (Å²) in [7, 11) is 1.82. The molecular formula is C20H21BrN4OS. The van der Waals surface area contributed by atoms with E-state index >= 15 is 0 Å². The molecule has 0 aliphatic heterocycles. The van der Waals surface area contributed by atoms with Crippen molar-refractivity contribution >= 4 is 33.6 Å². The molecule has 3 aromatic rings. The van der Waals surface area contributed by atoms with Gasteiger partial charge in [0.2, 0.25) is 5.91 Å². The molecule has 140 valence electrons. The first kappa shape index (κ1) is 19.6. The second-order valence-electron chi connectivity index (χ2n) is 6.28. The average Bonchev–Trinajstić information content (AvgIpc) is 3.02. The maximum absolute atomic E-state index is 12.6. The molecule has 0 radical (unpaired) electrons. The maximum atomic E-state index is 12.6. The lowest BCUT2D eigenvalue weighted by molar-refractivity contribution is -0.127. The number of benzene rings is 2. The van der Waals surface area contributed by atoms with Crippen LogP contribution in [-0.4, -0.2) is 38.4 Å². The van der Waals surface area contributed by atoms with Crippen molar-refractivity contribution in [2.45, 2.75) is 25.5 Å². The van der Waals surface area contributed by atoms with Crippen LogP contribution >= 0.6 is 27.7 Å². The summed E-state index contributed by atoms with van der Waals surface area (Å²) in [6, 6.07) is 16.0. The second kappa shape index (κ2) is 8.71. The second-order valence-corrected chi connectivity index (χ2v) is 8.08. The van der Waals surface area contributed by atoms with Gasteiger partial charge >= 0.3 is 0 Å². The van der Waals surface area contributed by atoms with E-state index in [0.29, 0.717) is 12.3 Å². The first-order valence-electron chi connectivity index (χ1n) is 8.55. The van der Waals surface area contributed by atoms with Gasteiger partial charge in [0.05, 0.1) is 11.4 Å². The Morgan fingerprint density at radius 1 is 1.11 bits per heavy atom. The van der Waals surface area contributed by atoms with E-state index in [1.807, 2.05) is 61.0 Å². The number of para-hydroxylation sites is 1. The van der Waals surface area contributed by atoms with Crippen LogP contribution in [0.25, 0.3) is 5.69 Å². The average molecular weight is 445 g/mol.